The normalized spacial score (nSPS) is 36.4. The number of hydrogen-bond acceptors (Lipinski definition) is 11. The minimum Gasteiger partial charge on any atom is -0.394 e. The van der Waals surface area contributed by atoms with E-state index in [-0.39, 0.29) is 19.0 Å². The highest BCUT2D eigenvalue weighted by Crippen LogP contribution is 2.26. The zero-order valence-electron chi connectivity index (χ0n) is 18.6. The van der Waals surface area contributed by atoms with E-state index in [0.717, 1.165) is 5.56 Å². The number of methoxy groups -OCH3 is 1. The molecule has 8 atom stereocenters. The van der Waals surface area contributed by atoms with Gasteiger partial charge >= 0.3 is 0 Å². The molecule has 192 valence electrons. The van der Waals surface area contributed by atoms with E-state index < -0.39 is 67.9 Å². The number of aliphatic hydroxyl groups excluding tert-OH is 6. The lowest BCUT2D eigenvalue weighted by molar-refractivity contribution is -0.288. The van der Waals surface area contributed by atoms with Crippen molar-refractivity contribution in [1.82, 2.24) is 10.2 Å². The SMILES string of the molecule is CO[C@H]1O[C@H](CNC(=NCc2ccccc2)N2CC(O)(O)[C@@H](O)[C@H](O)[C@@H]2CO)[C@@H](O)[C@H](O)[C@H]1O. The number of hydrogen-bond donors (Lipinski definition) is 9. The van der Waals surface area contributed by atoms with Crippen LogP contribution in [0.15, 0.2) is 35.3 Å². The van der Waals surface area contributed by atoms with Gasteiger partial charge < -0.3 is 60.5 Å². The molecule has 13 heteroatoms. The van der Waals surface area contributed by atoms with Gasteiger partial charge in [0.05, 0.1) is 25.7 Å². The highest BCUT2D eigenvalue weighted by atomic mass is 16.7. The maximum atomic E-state index is 10.4. The molecule has 2 aliphatic heterocycles. The Bertz CT molecular complexity index is 811. The third-order valence-electron chi connectivity index (χ3n) is 6.07. The van der Waals surface area contributed by atoms with Gasteiger partial charge in [-0.05, 0) is 5.56 Å². The van der Waals surface area contributed by atoms with Gasteiger partial charge in [-0.25, -0.2) is 4.99 Å². The molecule has 2 aliphatic rings. The third kappa shape index (κ3) is 5.66. The summed E-state index contributed by atoms with van der Waals surface area (Å²) >= 11 is 0. The molecule has 13 nitrogen and oxygen atoms in total. The van der Waals surface area contributed by atoms with Gasteiger partial charge in [-0.3, -0.25) is 0 Å². The largest absolute Gasteiger partial charge is 0.394 e. The predicted molar refractivity (Wildman–Crippen MR) is 116 cm³/mol. The fourth-order valence-corrected chi connectivity index (χ4v) is 4.04. The second-order valence-corrected chi connectivity index (χ2v) is 8.45. The monoisotopic (exact) mass is 487 g/mol. The van der Waals surface area contributed by atoms with Crippen molar-refractivity contribution in [3.63, 3.8) is 0 Å². The molecule has 0 aliphatic carbocycles. The van der Waals surface area contributed by atoms with E-state index in [1.165, 1.54) is 12.0 Å². The second kappa shape index (κ2) is 11.2. The van der Waals surface area contributed by atoms with E-state index in [1.54, 1.807) is 0 Å². The molecule has 2 fully saturated rings. The molecule has 34 heavy (non-hydrogen) atoms. The van der Waals surface area contributed by atoms with Crippen LogP contribution in [0.3, 0.4) is 0 Å². The van der Waals surface area contributed by atoms with Gasteiger partial charge in [-0.15, -0.1) is 0 Å². The van der Waals surface area contributed by atoms with Crippen LogP contribution in [0.5, 0.6) is 0 Å². The van der Waals surface area contributed by atoms with Crippen LogP contribution in [0.2, 0.25) is 0 Å². The lowest BCUT2D eigenvalue weighted by atomic mass is 9.92. The molecule has 3 rings (SSSR count). The Morgan fingerprint density at radius 1 is 1.09 bits per heavy atom. The molecule has 0 bridgehead atoms. The molecule has 1 aromatic carbocycles. The standard InChI is InChI=1S/C21H33N3O10/c1-33-19-17(29)16(28)15(27)13(34-19)8-23-20(22-7-11-5-3-2-4-6-11)24-10-21(31,32)18(30)14(26)12(24)9-25/h2-6,12-19,25-32H,7-10H2,1H3,(H,22,23)/t12-,13+,14+,15+,16-,17+,18-,19-/m0/s1. The highest BCUT2D eigenvalue weighted by Gasteiger charge is 2.51. The quantitative estimate of drug-likeness (QED) is 0.106. The molecule has 9 N–H and O–H groups in total. The van der Waals surface area contributed by atoms with Crippen molar-refractivity contribution >= 4 is 5.96 Å². The number of guanidine groups is 1. The van der Waals surface area contributed by atoms with Gasteiger partial charge in [0.2, 0.25) is 5.79 Å². The number of β-amino-alcohol motifs (C(OH)–C–C–N with tert-alkyl or cyclic N) is 2. The number of aliphatic hydroxyl groups is 8. The number of piperidine rings is 1. The number of rotatable bonds is 6. The van der Waals surface area contributed by atoms with Gasteiger partial charge in [0, 0.05) is 13.7 Å². The van der Waals surface area contributed by atoms with Crippen molar-refractivity contribution in [3.8, 4) is 0 Å². The molecule has 1 aromatic rings. The Balaban J connectivity index is 1.85. The summed E-state index contributed by atoms with van der Waals surface area (Å²) in [7, 11) is 1.27. The van der Waals surface area contributed by atoms with Gasteiger partial charge in [0.25, 0.3) is 0 Å². The van der Waals surface area contributed by atoms with Crippen LogP contribution in [0.1, 0.15) is 5.56 Å². The fraction of sp³-hybridized carbons (Fsp3) is 0.667. The van der Waals surface area contributed by atoms with Crippen molar-refractivity contribution in [2.24, 2.45) is 4.99 Å². The summed E-state index contributed by atoms with van der Waals surface area (Å²) in [5, 5.41) is 84.0. The molecular weight excluding hydrogens is 454 g/mol. The number of aliphatic imine (C=N–C) groups is 1. The summed E-state index contributed by atoms with van der Waals surface area (Å²) in [6.07, 6.45) is -10.4. The first-order valence-corrected chi connectivity index (χ1v) is 10.8. The zero-order chi connectivity index (χ0) is 25.0. The highest BCUT2D eigenvalue weighted by molar-refractivity contribution is 5.80. The molecular formula is C21H33N3O10. The Morgan fingerprint density at radius 2 is 1.76 bits per heavy atom. The molecule has 0 saturated carbocycles. The number of ether oxygens (including phenoxy) is 2. The van der Waals surface area contributed by atoms with Crippen LogP contribution >= 0.6 is 0 Å². The molecule has 0 aromatic heterocycles. The Hall–Kier alpha value is -1.91. The first kappa shape index (κ1) is 26.7. The van der Waals surface area contributed by atoms with Gasteiger partial charge in [0.15, 0.2) is 12.2 Å². The summed E-state index contributed by atoms with van der Waals surface area (Å²) < 4.78 is 10.5. The molecule has 2 saturated heterocycles. The van der Waals surface area contributed by atoms with Gasteiger partial charge in [-0.2, -0.15) is 0 Å². The van der Waals surface area contributed by atoms with E-state index in [2.05, 4.69) is 10.3 Å². The lowest BCUT2D eigenvalue weighted by Crippen LogP contribution is -2.71. The number of nitrogens with zero attached hydrogens (tertiary/aromatic N) is 2. The van der Waals surface area contributed by atoms with Crippen LogP contribution in [-0.4, -0.2) is 133 Å². The van der Waals surface area contributed by atoms with Crippen molar-refractivity contribution in [3.05, 3.63) is 35.9 Å². The molecule has 0 amide bonds. The average molecular weight is 488 g/mol. The van der Waals surface area contributed by atoms with Crippen LogP contribution < -0.4 is 5.32 Å². The van der Waals surface area contributed by atoms with Crippen molar-refractivity contribution in [2.75, 3.05) is 26.8 Å². The Morgan fingerprint density at radius 3 is 2.38 bits per heavy atom. The van der Waals surface area contributed by atoms with E-state index in [9.17, 15) is 40.9 Å². The maximum absolute atomic E-state index is 10.4. The Labute approximate surface area is 196 Å². The van der Waals surface area contributed by atoms with E-state index in [1.807, 2.05) is 30.3 Å². The molecule has 2 heterocycles. The minimum atomic E-state index is -2.71. The van der Waals surface area contributed by atoms with E-state index >= 15 is 0 Å². The summed E-state index contributed by atoms with van der Waals surface area (Å²) in [5.74, 6) is -2.70. The van der Waals surface area contributed by atoms with Crippen molar-refractivity contribution < 1.29 is 50.3 Å². The number of likely N-dealkylation sites (tertiary alicyclic amines) is 1. The van der Waals surface area contributed by atoms with Crippen LogP contribution in [-0.2, 0) is 16.0 Å². The van der Waals surface area contributed by atoms with Crippen LogP contribution in [0.25, 0.3) is 0 Å². The maximum Gasteiger partial charge on any atom is 0.210 e. The second-order valence-electron chi connectivity index (χ2n) is 8.45. The molecule has 0 radical (unpaired) electrons. The molecule has 0 spiro atoms. The number of benzene rings is 1. The first-order chi connectivity index (χ1) is 16.1. The summed E-state index contributed by atoms with van der Waals surface area (Å²) in [6.45, 7) is -1.28. The smallest absolute Gasteiger partial charge is 0.210 e. The first-order valence-electron chi connectivity index (χ1n) is 10.8. The average Bonchev–Trinajstić information content (AvgIpc) is 2.83. The van der Waals surface area contributed by atoms with Crippen LogP contribution in [0, 0.1) is 0 Å². The summed E-state index contributed by atoms with van der Waals surface area (Å²) in [6, 6.07) is 7.95. The van der Waals surface area contributed by atoms with Crippen molar-refractivity contribution in [2.45, 2.75) is 61.3 Å². The number of nitrogens with one attached hydrogen (secondary N) is 1. The predicted octanol–water partition coefficient (Wildman–Crippen LogP) is -4.33. The lowest BCUT2D eigenvalue weighted by Gasteiger charge is -2.48. The summed E-state index contributed by atoms with van der Waals surface area (Å²) in [4.78, 5) is 5.65. The van der Waals surface area contributed by atoms with Crippen molar-refractivity contribution in [1.29, 1.82) is 0 Å². The van der Waals surface area contributed by atoms with E-state index in [0.29, 0.717) is 0 Å². The third-order valence-corrected chi connectivity index (χ3v) is 6.07. The van der Waals surface area contributed by atoms with Gasteiger partial charge in [0.1, 0.15) is 36.6 Å². The minimum absolute atomic E-state index is 0.00621. The summed E-state index contributed by atoms with van der Waals surface area (Å²) in [5.41, 5.74) is 0.811. The van der Waals surface area contributed by atoms with Crippen LogP contribution in [0.4, 0.5) is 0 Å². The molecule has 0 unspecified atom stereocenters. The van der Waals surface area contributed by atoms with E-state index in [4.69, 9.17) is 9.47 Å². The Kier molecular flexibility index (Phi) is 8.81. The fourth-order valence-electron chi connectivity index (χ4n) is 4.04. The zero-order valence-corrected chi connectivity index (χ0v) is 18.6. The topological polar surface area (TPSA) is 208 Å². The van der Waals surface area contributed by atoms with Gasteiger partial charge in [-0.1, -0.05) is 30.3 Å².